The van der Waals surface area contributed by atoms with Crippen molar-refractivity contribution in [2.24, 2.45) is 5.14 Å². The van der Waals surface area contributed by atoms with Gasteiger partial charge in [0.15, 0.2) is 6.10 Å². The van der Waals surface area contributed by atoms with Crippen LogP contribution in [-0.4, -0.2) is 31.4 Å². The summed E-state index contributed by atoms with van der Waals surface area (Å²) in [6, 6.07) is 13.2. The Bertz CT molecular complexity index is 1140. The Balaban J connectivity index is 1.51. The van der Waals surface area contributed by atoms with Gasteiger partial charge >= 0.3 is 5.97 Å². The van der Waals surface area contributed by atoms with E-state index < -0.39 is 28.0 Å². The number of aromatic amines is 1. The molecule has 0 saturated carbocycles. The van der Waals surface area contributed by atoms with Crippen LogP contribution in [0.3, 0.4) is 0 Å². The van der Waals surface area contributed by atoms with E-state index in [1.54, 1.807) is 0 Å². The second kappa shape index (κ2) is 8.46. The summed E-state index contributed by atoms with van der Waals surface area (Å²) in [6.45, 7) is 1.47. The Morgan fingerprint density at radius 1 is 1.14 bits per heavy atom. The van der Waals surface area contributed by atoms with Crippen molar-refractivity contribution in [2.75, 3.05) is 5.32 Å². The lowest BCUT2D eigenvalue weighted by atomic mass is 10.1. The molecular formula is C20H21N3O5S. The Hall–Kier alpha value is -3.17. The summed E-state index contributed by atoms with van der Waals surface area (Å²) in [5, 5.41) is 8.64. The third kappa shape index (κ3) is 5.21. The maximum atomic E-state index is 12.2. The normalized spacial score (nSPS) is 12.5. The fourth-order valence-electron chi connectivity index (χ4n) is 2.86. The van der Waals surface area contributed by atoms with E-state index in [1.165, 1.54) is 31.2 Å². The van der Waals surface area contributed by atoms with Gasteiger partial charge in [0.25, 0.3) is 5.91 Å². The fourth-order valence-corrected chi connectivity index (χ4v) is 3.37. The maximum Gasteiger partial charge on any atom is 0.306 e. The lowest BCUT2D eigenvalue weighted by Crippen LogP contribution is -2.30. The first kappa shape index (κ1) is 20.6. The van der Waals surface area contributed by atoms with Crippen LogP contribution in [-0.2, 0) is 30.8 Å². The van der Waals surface area contributed by atoms with Gasteiger partial charge < -0.3 is 15.0 Å². The molecule has 0 aliphatic heterocycles. The lowest BCUT2D eigenvalue weighted by Gasteiger charge is -2.13. The summed E-state index contributed by atoms with van der Waals surface area (Å²) >= 11 is 0. The minimum atomic E-state index is -3.80. The van der Waals surface area contributed by atoms with Gasteiger partial charge in [-0.1, -0.05) is 18.2 Å². The number of para-hydroxylation sites is 1. The summed E-state index contributed by atoms with van der Waals surface area (Å²) in [6.07, 6.45) is 1.50. The number of carbonyl (C=O) groups excluding carboxylic acids is 2. The second-order valence-corrected chi connectivity index (χ2v) is 8.11. The van der Waals surface area contributed by atoms with Crippen LogP contribution in [0.2, 0.25) is 0 Å². The topological polar surface area (TPSA) is 131 Å². The van der Waals surface area contributed by atoms with Crippen LogP contribution in [0.15, 0.2) is 59.6 Å². The third-order valence-electron chi connectivity index (χ3n) is 4.40. The van der Waals surface area contributed by atoms with Gasteiger partial charge in [0.05, 0.1) is 4.90 Å². The molecule has 3 rings (SSSR count). The molecule has 0 aliphatic rings. The number of esters is 1. The van der Waals surface area contributed by atoms with Gasteiger partial charge in [0.2, 0.25) is 10.0 Å². The number of fused-ring (bicyclic) bond motifs is 1. The molecule has 29 heavy (non-hydrogen) atoms. The second-order valence-electron chi connectivity index (χ2n) is 6.55. The molecule has 0 bridgehead atoms. The van der Waals surface area contributed by atoms with E-state index in [9.17, 15) is 18.0 Å². The van der Waals surface area contributed by atoms with Gasteiger partial charge in [-0.25, -0.2) is 13.6 Å². The molecule has 0 fully saturated rings. The van der Waals surface area contributed by atoms with Crippen LogP contribution >= 0.6 is 0 Å². The first-order valence-corrected chi connectivity index (χ1v) is 10.5. The van der Waals surface area contributed by atoms with Gasteiger partial charge in [-0.15, -0.1) is 0 Å². The van der Waals surface area contributed by atoms with Crippen molar-refractivity contribution in [1.29, 1.82) is 0 Å². The minimum Gasteiger partial charge on any atom is -0.453 e. The average molecular weight is 415 g/mol. The number of primary sulfonamides is 1. The number of aryl methyl sites for hydroxylation is 1. The predicted molar refractivity (Wildman–Crippen MR) is 109 cm³/mol. The molecule has 4 N–H and O–H groups in total. The standard InChI is InChI=1S/C20H21N3O5S/c1-13(20(25)23-15-7-9-16(10-8-15)29(21,26)27)28-19(24)11-6-14-12-22-18-5-3-2-4-17(14)18/h2-5,7-10,12-13,22H,6,11H2,1H3,(H,23,25)(H2,21,26,27). The quantitative estimate of drug-likeness (QED) is 0.510. The molecule has 1 atom stereocenters. The van der Waals surface area contributed by atoms with Gasteiger partial charge in [0.1, 0.15) is 0 Å². The predicted octanol–water partition coefficient (Wildman–Crippen LogP) is 2.32. The molecule has 0 saturated heterocycles. The fraction of sp³-hybridized carbons (Fsp3) is 0.200. The van der Waals surface area contributed by atoms with Crippen LogP contribution < -0.4 is 10.5 Å². The molecule has 0 aliphatic carbocycles. The van der Waals surface area contributed by atoms with E-state index >= 15 is 0 Å². The summed E-state index contributed by atoms with van der Waals surface area (Å²) in [5.74, 6) is -1.00. The Morgan fingerprint density at radius 2 is 1.83 bits per heavy atom. The zero-order chi connectivity index (χ0) is 21.0. The molecule has 3 aromatic rings. The number of amides is 1. The summed E-state index contributed by atoms with van der Waals surface area (Å²) in [7, 11) is -3.80. The number of rotatable bonds is 7. The Kier molecular flexibility index (Phi) is 6.00. The number of benzene rings is 2. The van der Waals surface area contributed by atoms with Crippen molar-refractivity contribution in [3.05, 3.63) is 60.3 Å². The number of ether oxygens (including phenoxy) is 1. The molecule has 1 heterocycles. The highest BCUT2D eigenvalue weighted by Crippen LogP contribution is 2.19. The first-order valence-electron chi connectivity index (χ1n) is 8.92. The number of aromatic nitrogens is 1. The smallest absolute Gasteiger partial charge is 0.306 e. The number of hydrogen-bond donors (Lipinski definition) is 3. The van der Waals surface area contributed by atoms with Crippen molar-refractivity contribution in [3.8, 4) is 0 Å². The summed E-state index contributed by atoms with van der Waals surface area (Å²) in [4.78, 5) is 27.4. The molecule has 9 heteroatoms. The van der Waals surface area contributed by atoms with Crippen molar-refractivity contribution in [3.63, 3.8) is 0 Å². The number of nitrogens with two attached hydrogens (primary N) is 1. The first-order chi connectivity index (χ1) is 13.7. The van der Waals surface area contributed by atoms with Crippen LogP contribution in [0.4, 0.5) is 5.69 Å². The van der Waals surface area contributed by atoms with Crippen LogP contribution in [0.25, 0.3) is 10.9 Å². The van der Waals surface area contributed by atoms with E-state index in [0.29, 0.717) is 12.1 Å². The van der Waals surface area contributed by atoms with E-state index in [1.807, 2.05) is 30.5 Å². The van der Waals surface area contributed by atoms with Crippen molar-refractivity contribution >= 4 is 38.5 Å². The number of hydrogen-bond acceptors (Lipinski definition) is 5. The van der Waals surface area contributed by atoms with E-state index in [2.05, 4.69) is 10.3 Å². The molecule has 152 valence electrons. The highest BCUT2D eigenvalue weighted by Gasteiger charge is 2.18. The monoisotopic (exact) mass is 415 g/mol. The Labute approximate surface area is 168 Å². The molecular weight excluding hydrogens is 394 g/mol. The zero-order valence-electron chi connectivity index (χ0n) is 15.7. The molecule has 8 nitrogen and oxygen atoms in total. The number of anilines is 1. The highest BCUT2D eigenvalue weighted by atomic mass is 32.2. The Morgan fingerprint density at radius 3 is 2.52 bits per heavy atom. The van der Waals surface area contributed by atoms with Crippen molar-refractivity contribution < 1.29 is 22.7 Å². The third-order valence-corrected chi connectivity index (χ3v) is 5.33. The van der Waals surface area contributed by atoms with E-state index in [-0.39, 0.29) is 11.3 Å². The van der Waals surface area contributed by atoms with Gasteiger partial charge in [-0.2, -0.15) is 0 Å². The SMILES string of the molecule is CC(OC(=O)CCc1c[nH]c2ccccc12)C(=O)Nc1ccc(S(N)(=O)=O)cc1. The molecule has 1 unspecified atom stereocenters. The van der Waals surface area contributed by atoms with Crippen LogP contribution in [0.1, 0.15) is 18.9 Å². The molecule has 1 amide bonds. The van der Waals surface area contributed by atoms with Crippen LogP contribution in [0.5, 0.6) is 0 Å². The molecule has 0 radical (unpaired) electrons. The van der Waals surface area contributed by atoms with Crippen molar-refractivity contribution in [1.82, 2.24) is 4.98 Å². The van der Waals surface area contributed by atoms with Gasteiger partial charge in [-0.05, 0) is 49.2 Å². The van der Waals surface area contributed by atoms with E-state index in [0.717, 1.165) is 16.5 Å². The maximum absolute atomic E-state index is 12.2. The number of sulfonamides is 1. The van der Waals surface area contributed by atoms with Crippen LogP contribution in [0, 0.1) is 0 Å². The number of carbonyl (C=O) groups is 2. The van der Waals surface area contributed by atoms with Gasteiger partial charge in [-0.3, -0.25) is 9.59 Å². The number of H-pyrrole nitrogens is 1. The lowest BCUT2D eigenvalue weighted by molar-refractivity contribution is -0.153. The molecule has 2 aromatic carbocycles. The highest BCUT2D eigenvalue weighted by molar-refractivity contribution is 7.89. The van der Waals surface area contributed by atoms with Crippen molar-refractivity contribution in [2.45, 2.75) is 30.8 Å². The van der Waals surface area contributed by atoms with E-state index in [4.69, 9.17) is 9.88 Å². The molecule has 1 aromatic heterocycles. The summed E-state index contributed by atoms with van der Waals surface area (Å²) in [5.41, 5.74) is 2.37. The average Bonchev–Trinajstić information content (AvgIpc) is 3.09. The zero-order valence-corrected chi connectivity index (χ0v) is 16.5. The minimum absolute atomic E-state index is 0.0627. The largest absolute Gasteiger partial charge is 0.453 e. The molecule has 0 spiro atoms. The van der Waals surface area contributed by atoms with Gasteiger partial charge in [0, 0.05) is 29.2 Å². The summed E-state index contributed by atoms with van der Waals surface area (Å²) < 4.78 is 27.7. The number of nitrogens with one attached hydrogen (secondary N) is 2.